The number of carbonyl (C=O) groups excluding carboxylic acids is 3. The van der Waals surface area contributed by atoms with Crippen molar-refractivity contribution in [3.63, 3.8) is 0 Å². The SMILES string of the molecule is COc1ccc(N2C(=O)C[C@@H](NNC(=O)c3cccnc3)C2=O)cc1. The van der Waals surface area contributed by atoms with Gasteiger partial charge in [-0.05, 0) is 36.4 Å². The molecule has 128 valence electrons. The van der Waals surface area contributed by atoms with Gasteiger partial charge in [-0.1, -0.05) is 0 Å². The summed E-state index contributed by atoms with van der Waals surface area (Å²) in [5.74, 6) is -0.581. The van der Waals surface area contributed by atoms with Gasteiger partial charge in [-0.15, -0.1) is 0 Å². The van der Waals surface area contributed by atoms with E-state index in [0.717, 1.165) is 4.90 Å². The van der Waals surface area contributed by atoms with Crippen molar-refractivity contribution in [2.24, 2.45) is 0 Å². The van der Waals surface area contributed by atoms with Gasteiger partial charge in [-0.25, -0.2) is 10.3 Å². The highest BCUT2D eigenvalue weighted by molar-refractivity contribution is 6.22. The van der Waals surface area contributed by atoms with Crippen LogP contribution in [0, 0.1) is 0 Å². The van der Waals surface area contributed by atoms with Gasteiger partial charge < -0.3 is 4.74 Å². The highest BCUT2D eigenvalue weighted by Crippen LogP contribution is 2.24. The second-order valence-electron chi connectivity index (χ2n) is 5.36. The number of pyridine rings is 1. The van der Waals surface area contributed by atoms with E-state index in [9.17, 15) is 14.4 Å². The van der Waals surface area contributed by atoms with Crippen LogP contribution in [0.25, 0.3) is 0 Å². The molecule has 8 heteroatoms. The molecule has 1 aromatic carbocycles. The molecule has 0 saturated carbocycles. The lowest BCUT2D eigenvalue weighted by atomic mass is 10.2. The van der Waals surface area contributed by atoms with E-state index in [2.05, 4.69) is 15.8 Å². The maximum absolute atomic E-state index is 12.5. The topological polar surface area (TPSA) is 101 Å². The third-order valence-electron chi connectivity index (χ3n) is 3.76. The Morgan fingerprint density at radius 1 is 1.24 bits per heavy atom. The summed E-state index contributed by atoms with van der Waals surface area (Å²) in [5, 5.41) is 0. The Labute approximate surface area is 143 Å². The van der Waals surface area contributed by atoms with Crippen molar-refractivity contribution in [2.45, 2.75) is 12.5 Å². The molecule has 3 rings (SSSR count). The number of benzene rings is 1. The lowest BCUT2D eigenvalue weighted by molar-refractivity contribution is -0.121. The summed E-state index contributed by atoms with van der Waals surface area (Å²) >= 11 is 0. The Bertz CT molecular complexity index is 792. The summed E-state index contributed by atoms with van der Waals surface area (Å²) < 4.78 is 5.06. The number of ether oxygens (including phenoxy) is 1. The van der Waals surface area contributed by atoms with E-state index < -0.39 is 17.9 Å². The number of hydrazine groups is 1. The number of aromatic nitrogens is 1. The van der Waals surface area contributed by atoms with Crippen molar-refractivity contribution >= 4 is 23.4 Å². The molecule has 0 spiro atoms. The smallest absolute Gasteiger partial charge is 0.266 e. The average Bonchev–Trinajstić information content (AvgIpc) is 2.94. The number of nitrogens with zero attached hydrogens (tertiary/aromatic N) is 2. The Kier molecular flexibility index (Phi) is 4.71. The molecule has 25 heavy (non-hydrogen) atoms. The first kappa shape index (κ1) is 16.6. The minimum Gasteiger partial charge on any atom is -0.497 e. The van der Waals surface area contributed by atoms with Crippen molar-refractivity contribution < 1.29 is 19.1 Å². The summed E-state index contributed by atoms with van der Waals surface area (Å²) in [7, 11) is 1.53. The normalized spacial score (nSPS) is 16.8. The van der Waals surface area contributed by atoms with Crippen LogP contribution in [0.3, 0.4) is 0 Å². The number of amides is 3. The van der Waals surface area contributed by atoms with Gasteiger partial charge in [-0.2, -0.15) is 0 Å². The van der Waals surface area contributed by atoms with Crippen LogP contribution in [0.15, 0.2) is 48.8 Å². The number of hydrogen-bond acceptors (Lipinski definition) is 6. The summed E-state index contributed by atoms with van der Waals surface area (Å²) in [6.45, 7) is 0. The van der Waals surface area contributed by atoms with Gasteiger partial charge >= 0.3 is 0 Å². The lowest BCUT2D eigenvalue weighted by Crippen LogP contribution is -2.48. The van der Waals surface area contributed by atoms with Crippen molar-refractivity contribution in [3.05, 3.63) is 54.4 Å². The fraction of sp³-hybridized carbons (Fsp3) is 0.176. The Morgan fingerprint density at radius 3 is 2.64 bits per heavy atom. The molecule has 1 aliphatic rings. The van der Waals surface area contributed by atoms with Crippen LogP contribution in [0.5, 0.6) is 5.75 Å². The molecular weight excluding hydrogens is 324 g/mol. The van der Waals surface area contributed by atoms with Crippen molar-refractivity contribution in [3.8, 4) is 5.75 Å². The van der Waals surface area contributed by atoms with E-state index in [1.54, 1.807) is 42.6 Å². The van der Waals surface area contributed by atoms with Gasteiger partial charge in [-0.3, -0.25) is 24.8 Å². The van der Waals surface area contributed by atoms with Gasteiger partial charge in [0.15, 0.2) is 0 Å². The number of carbonyl (C=O) groups is 3. The third kappa shape index (κ3) is 3.48. The van der Waals surface area contributed by atoms with E-state index in [0.29, 0.717) is 17.0 Å². The van der Waals surface area contributed by atoms with Crippen LogP contribution in [0.4, 0.5) is 5.69 Å². The molecule has 2 heterocycles. The van der Waals surface area contributed by atoms with Crippen LogP contribution < -0.4 is 20.5 Å². The number of hydrogen-bond donors (Lipinski definition) is 2. The molecule has 0 radical (unpaired) electrons. The van der Waals surface area contributed by atoms with Crippen molar-refractivity contribution in [2.75, 3.05) is 12.0 Å². The van der Waals surface area contributed by atoms with Gasteiger partial charge in [0.05, 0.1) is 24.8 Å². The molecule has 8 nitrogen and oxygen atoms in total. The minimum absolute atomic E-state index is 0.0435. The number of nitrogens with one attached hydrogen (secondary N) is 2. The zero-order valence-electron chi connectivity index (χ0n) is 13.4. The zero-order chi connectivity index (χ0) is 17.8. The molecule has 0 unspecified atom stereocenters. The molecule has 0 bridgehead atoms. The van der Waals surface area contributed by atoms with Gasteiger partial charge in [0.25, 0.3) is 11.8 Å². The number of rotatable bonds is 5. The van der Waals surface area contributed by atoms with Gasteiger partial charge in [0.1, 0.15) is 11.8 Å². The number of methoxy groups -OCH3 is 1. The maximum Gasteiger partial charge on any atom is 0.266 e. The molecule has 2 aromatic rings. The molecule has 1 aliphatic heterocycles. The van der Waals surface area contributed by atoms with E-state index >= 15 is 0 Å². The first-order valence-electron chi connectivity index (χ1n) is 7.57. The molecule has 3 amide bonds. The molecule has 2 N–H and O–H groups in total. The van der Waals surface area contributed by atoms with E-state index in [4.69, 9.17) is 4.74 Å². The largest absolute Gasteiger partial charge is 0.497 e. The zero-order valence-corrected chi connectivity index (χ0v) is 13.4. The quantitative estimate of drug-likeness (QED) is 0.612. The monoisotopic (exact) mass is 340 g/mol. The summed E-state index contributed by atoms with van der Waals surface area (Å²) in [5.41, 5.74) is 5.85. The summed E-state index contributed by atoms with van der Waals surface area (Å²) in [6.07, 6.45) is 2.91. The van der Waals surface area contributed by atoms with Gasteiger partial charge in [0.2, 0.25) is 5.91 Å². The third-order valence-corrected chi connectivity index (χ3v) is 3.76. The fourth-order valence-corrected chi connectivity index (χ4v) is 2.47. The van der Waals surface area contributed by atoms with E-state index in [1.165, 1.54) is 13.3 Å². The van der Waals surface area contributed by atoms with E-state index in [-0.39, 0.29) is 12.3 Å². The summed E-state index contributed by atoms with van der Waals surface area (Å²) in [4.78, 5) is 41.6. The molecule has 1 aromatic heterocycles. The number of anilines is 1. The Hall–Kier alpha value is -3.26. The minimum atomic E-state index is -0.824. The maximum atomic E-state index is 12.5. The number of imide groups is 1. The first-order chi connectivity index (χ1) is 12.1. The predicted molar refractivity (Wildman–Crippen MR) is 88.7 cm³/mol. The second-order valence-corrected chi connectivity index (χ2v) is 5.36. The second kappa shape index (κ2) is 7.10. The standard InChI is InChI=1S/C17H16N4O4/c1-25-13-6-4-12(5-7-13)21-15(22)9-14(17(21)24)19-20-16(23)11-3-2-8-18-10-11/h2-8,10,14,19H,9H2,1H3,(H,20,23)/t14-/m1/s1. The lowest BCUT2D eigenvalue weighted by Gasteiger charge is -2.16. The molecular formula is C17H16N4O4. The van der Waals surface area contributed by atoms with Gasteiger partial charge in [0, 0.05) is 12.4 Å². The molecule has 1 atom stereocenters. The summed E-state index contributed by atoms with van der Waals surface area (Å²) in [6, 6.07) is 8.99. The Balaban J connectivity index is 1.65. The average molecular weight is 340 g/mol. The first-order valence-corrected chi connectivity index (χ1v) is 7.57. The van der Waals surface area contributed by atoms with Crippen molar-refractivity contribution in [1.29, 1.82) is 0 Å². The molecule has 0 aliphatic carbocycles. The molecule has 1 fully saturated rings. The highest BCUT2D eigenvalue weighted by Gasteiger charge is 2.39. The Morgan fingerprint density at radius 2 is 2.00 bits per heavy atom. The predicted octanol–water partition coefficient (Wildman–Crippen LogP) is 0.657. The van der Waals surface area contributed by atoms with E-state index in [1.807, 2.05) is 0 Å². The van der Waals surface area contributed by atoms with Crippen LogP contribution in [-0.2, 0) is 9.59 Å². The molecule has 1 saturated heterocycles. The fourth-order valence-electron chi connectivity index (χ4n) is 2.47. The highest BCUT2D eigenvalue weighted by atomic mass is 16.5. The van der Waals surface area contributed by atoms with Crippen LogP contribution in [0.2, 0.25) is 0 Å². The van der Waals surface area contributed by atoms with Crippen LogP contribution in [-0.4, -0.2) is 35.9 Å². The van der Waals surface area contributed by atoms with Crippen molar-refractivity contribution in [1.82, 2.24) is 15.8 Å². The van der Waals surface area contributed by atoms with Crippen LogP contribution in [0.1, 0.15) is 16.8 Å². The van der Waals surface area contributed by atoms with Crippen LogP contribution >= 0.6 is 0 Å².